The highest BCUT2D eigenvalue weighted by Crippen LogP contribution is 2.37. The third kappa shape index (κ3) is 4.05. The molecule has 2 heterocycles. The molecule has 156 valence electrons. The maximum atomic E-state index is 12.7. The average Bonchev–Trinajstić information content (AvgIpc) is 2.73. The summed E-state index contributed by atoms with van der Waals surface area (Å²) < 4.78 is 13.5. The molecule has 0 radical (unpaired) electrons. The zero-order valence-corrected chi connectivity index (χ0v) is 18.4. The minimum absolute atomic E-state index is 0.140. The minimum atomic E-state index is -0.239. The second kappa shape index (κ2) is 8.47. The maximum absolute atomic E-state index is 12.7. The first-order chi connectivity index (χ1) is 14.4. The third-order valence-electron chi connectivity index (χ3n) is 5.14. The summed E-state index contributed by atoms with van der Waals surface area (Å²) in [6, 6.07) is 9.01. The molecule has 1 atom stereocenters. The molecule has 0 bridgehead atoms. The quantitative estimate of drug-likeness (QED) is 0.615. The molecule has 1 aliphatic heterocycles. The lowest BCUT2D eigenvalue weighted by Crippen LogP contribution is -2.30. The number of para-hydroxylation sites is 1. The van der Waals surface area contributed by atoms with E-state index in [0.29, 0.717) is 35.6 Å². The lowest BCUT2D eigenvalue weighted by Gasteiger charge is -2.22. The Morgan fingerprint density at radius 3 is 2.77 bits per heavy atom. The number of carbonyl (C=O) groups is 1. The van der Waals surface area contributed by atoms with E-state index in [4.69, 9.17) is 9.47 Å². The van der Waals surface area contributed by atoms with Crippen LogP contribution in [-0.4, -0.2) is 28.7 Å². The van der Waals surface area contributed by atoms with Gasteiger partial charge < -0.3 is 14.8 Å². The van der Waals surface area contributed by atoms with Crippen LogP contribution < -0.4 is 20.3 Å². The first-order valence-corrected chi connectivity index (χ1v) is 10.6. The van der Waals surface area contributed by atoms with Gasteiger partial charge in [-0.2, -0.15) is 0 Å². The normalized spacial score (nSPS) is 13.8. The molecule has 1 amide bonds. The van der Waals surface area contributed by atoms with E-state index >= 15 is 0 Å². The molecular weight excluding hydrogens is 450 g/mol. The van der Waals surface area contributed by atoms with Crippen LogP contribution in [0.5, 0.6) is 11.5 Å². The maximum Gasteiger partial charge on any atom is 0.261 e. The first-order valence-electron chi connectivity index (χ1n) is 9.77. The van der Waals surface area contributed by atoms with Gasteiger partial charge in [0.15, 0.2) is 11.5 Å². The lowest BCUT2D eigenvalue weighted by atomic mass is 10.1. The largest absolute Gasteiger partial charge is 0.486 e. The lowest BCUT2D eigenvalue weighted by molar-refractivity contribution is -0.122. The molecule has 30 heavy (non-hydrogen) atoms. The van der Waals surface area contributed by atoms with Crippen LogP contribution in [0.25, 0.3) is 10.9 Å². The molecule has 0 unspecified atom stereocenters. The molecule has 1 N–H and O–H groups in total. The van der Waals surface area contributed by atoms with E-state index in [1.807, 2.05) is 38.1 Å². The fourth-order valence-electron chi connectivity index (χ4n) is 3.52. The number of rotatable bonds is 5. The number of carbonyl (C=O) groups excluding carboxylic acids is 1. The molecule has 0 fully saturated rings. The van der Waals surface area contributed by atoms with Gasteiger partial charge in [-0.3, -0.25) is 14.2 Å². The van der Waals surface area contributed by atoms with E-state index in [0.717, 1.165) is 15.6 Å². The Labute approximate surface area is 182 Å². The van der Waals surface area contributed by atoms with Crippen molar-refractivity contribution < 1.29 is 14.3 Å². The molecule has 2 aromatic carbocycles. The molecule has 3 aromatic rings. The Bertz CT molecular complexity index is 1170. The van der Waals surface area contributed by atoms with Crippen molar-refractivity contribution in [1.29, 1.82) is 0 Å². The zero-order valence-electron chi connectivity index (χ0n) is 16.8. The van der Waals surface area contributed by atoms with Gasteiger partial charge in [0.25, 0.3) is 5.56 Å². The van der Waals surface area contributed by atoms with Gasteiger partial charge in [0.05, 0.1) is 23.3 Å². The van der Waals surface area contributed by atoms with E-state index in [9.17, 15) is 9.59 Å². The van der Waals surface area contributed by atoms with Gasteiger partial charge in [-0.05, 0) is 43.2 Å². The van der Waals surface area contributed by atoms with Gasteiger partial charge >= 0.3 is 0 Å². The summed E-state index contributed by atoms with van der Waals surface area (Å²) in [4.78, 5) is 29.6. The summed E-state index contributed by atoms with van der Waals surface area (Å²) in [5, 5.41) is 3.54. The summed E-state index contributed by atoms with van der Waals surface area (Å²) in [7, 11) is 0. The van der Waals surface area contributed by atoms with Crippen LogP contribution >= 0.6 is 15.9 Å². The van der Waals surface area contributed by atoms with Crippen LogP contribution in [-0.2, 0) is 11.3 Å². The Morgan fingerprint density at radius 1 is 1.27 bits per heavy atom. The number of halogens is 1. The number of aromatic nitrogens is 2. The molecule has 4 rings (SSSR count). The van der Waals surface area contributed by atoms with Crippen molar-refractivity contribution >= 4 is 32.7 Å². The Kier molecular flexibility index (Phi) is 5.76. The molecule has 8 heteroatoms. The van der Waals surface area contributed by atoms with Crippen molar-refractivity contribution in [2.45, 2.75) is 32.9 Å². The number of nitrogens with zero attached hydrogens (tertiary/aromatic N) is 2. The number of aryl methyl sites for hydroxylation is 2. The van der Waals surface area contributed by atoms with Crippen LogP contribution in [0.3, 0.4) is 0 Å². The van der Waals surface area contributed by atoms with Gasteiger partial charge in [0, 0.05) is 17.4 Å². The van der Waals surface area contributed by atoms with Crippen LogP contribution in [0, 0.1) is 6.92 Å². The predicted molar refractivity (Wildman–Crippen MR) is 117 cm³/mol. The number of benzene rings is 2. The SMILES string of the molecule is Cc1cccc2c(=O)n(CCC(=O)N[C@H](C)c3cc4c(cc3Br)OCCO4)cnc12. The van der Waals surface area contributed by atoms with Crippen molar-refractivity contribution in [3.05, 3.63) is 62.6 Å². The standard InChI is InChI=1S/C22H22BrN3O4/c1-13-4-3-5-15-21(13)24-12-26(22(15)28)7-6-20(27)25-14(2)16-10-18-19(11-17(16)23)30-9-8-29-18/h3-5,10-12,14H,6-9H2,1-2H3,(H,25,27)/t14-/m1/s1. The minimum Gasteiger partial charge on any atom is -0.486 e. The predicted octanol–water partition coefficient (Wildman–Crippen LogP) is 3.51. The van der Waals surface area contributed by atoms with E-state index in [-0.39, 0.29) is 30.5 Å². The monoisotopic (exact) mass is 471 g/mol. The topological polar surface area (TPSA) is 82.5 Å². The highest BCUT2D eigenvalue weighted by atomic mass is 79.9. The van der Waals surface area contributed by atoms with Crippen molar-refractivity contribution in [3.63, 3.8) is 0 Å². The summed E-state index contributed by atoms with van der Waals surface area (Å²) >= 11 is 3.54. The van der Waals surface area contributed by atoms with E-state index < -0.39 is 0 Å². The molecule has 0 saturated heterocycles. The van der Waals surface area contributed by atoms with E-state index in [2.05, 4.69) is 26.2 Å². The van der Waals surface area contributed by atoms with E-state index in [1.165, 1.54) is 10.9 Å². The summed E-state index contributed by atoms with van der Waals surface area (Å²) in [5.74, 6) is 1.21. The van der Waals surface area contributed by atoms with Gasteiger partial charge in [-0.25, -0.2) is 4.98 Å². The van der Waals surface area contributed by atoms with Crippen molar-refractivity contribution in [3.8, 4) is 11.5 Å². The number of amides is 1. The molecule has 0 spiro atoms. The van der Waals surface area contributed by atoms with Gasteiger partial charge in [0.2, 0.25) is 5.91 Å². The number of fused-ring (bicyclic) bond motifs is 2. The van der Waals surface area contributed by atoms with Gasteiger partial charge in [0.1, 0.15) is 13.2 Å². The molecule has 7 nitrogen and oxygen atoms in total. The van der Waals surface area contributed by atoms with Gasteiger partial charge in [-0.1, -0.05) is 28.1 Å². The highest BCUT2D eigenvalue weighted by Gasteiger charge is 2.19. The summed E-state index contributed by atoms with van der Waals surface area (Å²) in [6.45, 7) is 5.11. The van der Waals surface area contributed by atoms with Crippen molar-refractivity contribution in [1.82, 2.24) is 14.9 Å². The second-order valence-electron chi connectivity index (χ2n) is 7.27. The second-order valence-corrected chi connectivity index (χ2v) is 8.13. The van der Waals surface area contributed by atoms with Crippen molar-refractivity contribution in [2.24, 2.45) is 0 Å². The van der Waals surface area contributed by atoms with Crippen LogP contribution in [0.1, 0.15) is 30.5 Å². The Morgan fingerprint density at radius 2 is 2.00 bits per heavy atom. The number of hydrogen-bond donors (Lipinski definition) is 1. The molecule has 0 saturated carbocycles. The van der Waals surface area contributed by atoms with Crippen LogP contribution in [0.15, 0.2) is 45.9 Å². The summed E-state index contributed by atoms with van der Waals surface area (Å²) in [5.41, 5.74) is 2.40. The number of hydrogen-bond acceptors (Lipinski definition) is 5. The van der Waals surface area contributed by atoms with Crippen LogP contribution in [0.4, 0.5) is 0 Å². The third-order valence-corrected chi connectivity index (χ3v) is 5.83. The smallest absolute Gasteiger partial charge is 0.261 e. The molecule has 1 aromatic heterocycles. The molecule has 0 aliphatic carbocycles. The Hall–Kier alpha value is -2.87. The zero-order chi connectivity index (χ0) is 21.3. The fourth-order valence-corrected chi connectivity index (χ4v) is 4.19. The highest BCUT2D eigenvalue weighted by molar-refractivity contribution is 9.10. The Balaban J connectivity index is 1.44. The average molecular weight is 472 g/mol. The summed E-state index contributed by atoms with van der Waals surface area (Å²) in [6.07, 6.45) is 1.68. The number of nitrogens with one attached hydrogen (secondary N) is 1. The first kappa shape index (κ1) is 20.4. The van der Waals surface area contributed by atoms with Crippen molar-refractivity contribution in [2.75, 3.05) is 13.2 Å². The van der Waals surface area contributed by atoms with E-state index in [1.54, 1.807) is 6.07 Å². The van der Waals surface area contributed by atoms with Gasteiger partial charge in [-0.15, -0.1) is 0 Å². The fraction of sp³-hybridized carbons (Fsp3) is 0.318. The molecule has 1 aliphatic rings. The number of ether oxygens (including phenoxy) is 2. The molecular formula is C22H22BrN3O4. The van der Waals surface area contributed by atoms with Crippen LogP contribution in [0.2, 0.25) is 0 Å².